The number of carbonyl (C=O) groups is 1. The Hall–Kier alpha value is -3.29. The van der Waals surface area contributed by atoms with Crippen LogP contribution in [0, 0.1) is 0 Å². The fraction of sp³-hybridized carbons (Fsp3) is 0.158. The highest BCUT2D eigenvalue weighted by atomic mass is 19.4. The summed E-state index contributed by atoms with van der Waals surface area (Å²) in [6, 6.07) is 8.80. The minimum absolute atomic E-state index is 0.0984. The summed E-state index contributed by atoms with van der Waals surface area (Å²) in [6.07, 6.45) is -4.52. The highest BCUT2D eigenvalue weighted by molar-refractivity contribution is 6.06. The number of hydrogen-bond acceptors (Lipinski definition) is 4. The molecule has 0 saturated carbocycles. The third-order valence-electron chi connectivity index (χ3n) is 4.02. The highest BCUT2D eigenvalue weighted by Gasteiger charge is 2.30. The summed E-state index contributed by atoms with van der Waals surface area (Å²) in [5.74, 6) is -0.631. The van der Waals surface area contributed by atoms with E-state index in [1.54, 1.807) is 0 Å². The van der Waals surface area contributed by atoms with E-state index in [-0.39, 0.29) is 33.5 Å². The lowest BCUT2D eigenvalue weighted by Gasteiger charge is -2.13. The molecule has 0 saturated heterocycles. The van der Waals surface area contributed by atoms with E-state index >= 15 is 0 Å². The molecule has 2 aromatic carbocycles. The largest absolute Gasteiger partial charge is 0.497 e. The van der Waals surface area contributed by atoms with Gasteiger partial charge < -0.3 is 14.6 Å². The zero-order valence-electron chi connectivity index (χ0n) is 14.3. The molecule has 1 aromatic heterocycles. The van der Waals surface area contributed by atoms with Crippen molar-refractivity contribution in [3.05, 3.63) is 53.6 Å². The normalized spacial score (nSPS) is 11.4. The summed E-state index contributed by atoms with van der Waals surface area (Å²) in [5, 5.41) is 9.83. The monoisotopic (exact) mass is 377 g/mol. The minimum Gasteiger partial charge on any atom is -0.497 e. The third-order valence-corrected chi connectivity index (χ3v) is 4.02. The van der Waals surface area contributed by atoms with Gasteiger partial charge in [-0.3, -0.25) is 0 Å². The van der Waals surface area contributed by atoms with E-state index in [1.165, 1.54) is 44.6 Å². The van der Waals surface area contributed by atoms with Gasteiger partial charge in [-0.2, -0.15) is 13.2 Å². The second-order valence-electron chi connectivity index (χ2n) is 5.66. The second-order valence-corrected chi connectivity index (χ2v) is 5.66. The number of benzene rings is 2. The molecule has 0 amide bonds. The maximum Gasteiger partial charge on any atom is 0.416 e. The van der Waals surface area contributed by atoms with Crippen LogP contribution in [0.25, 0.3) is 22.2 Å². The molecule has 0 aliphatic heterocycles. The van der Waals surface area contributed by atoms with Gasteiger partial charge in [0.05, 0.1) is 41.9 Å². The number of pyridine rings is 1. The third kappa shape index (κ3) is 3.51. The first-order valence-corrected chi connectivity index (χ1v) is 7.72. The zero-order chi connectivity index (χ0) is 19.8. The standard InChI is InChI=1S/C19H14F3NO4/c1-26-12-7-15-17(16(8-12)27-2)13(18(24)25)9-14(23-15)10-4-3-5-11(6-10)19(20,21)22/h3-9H,1-2H3,(H,24,25). The first-order chi connectivity index (χ1) is 12.7. The number of carboxylic acid groups (broad SMARTS) is 1. The van der Waals surface area contributed by atoms with Crippen LogP contribution in [0.1, 0.15) is 15.9 Å². The maximum atomic E-state index is 13.0. The molecule has 1 heterocycles. The summed E-state index contributed by atoms with van der Waals surface area (Å²) in [4.78, 5) is 16.1. The van der Waals surface area contributed by atoms with E-state index in [9.17, 15) is 23.1 Å². The van der Waals surface area contributed by atoms with Crippen LogP contribution in [0.2, 0.25) is 0 Å². The average Bonchev–Trinajstić information content (AvgIpc) is 2.65. The molecule has 140 valence electrons. The van der Waals surface area contributed by atoms with Crippen molar-refractivity contribution < 1.29 is 32.5 Å². The molecule has 27 heavy (non-hydrogen) atoms. The lowest BCUT2D eigenvalue weighted by atomic mass is 10.0. The molecule has 1 N–H and O–H groups in total. The molecule has 8 heteroatoms. The molecule has 5 nitrogen and oxygen atoms in total. The highest BCUT2D eigenvalue weighted by Crippen LogP contribution is 2.36. The number of nitrogens with zero attached hydrogens (tertiary/aromatic N) is 1. The quantitative estimate of drug-likeness (QED) is 0.718. The van der Waals surface area contributed by atoms with Crippen LogP contribution in [-0.2, 0) is 6.18 Å². The Morgan fingerprint density at radius 1 is 1.07 bits per heavy atom. The first-order valence-electron chi connectivity index (χ1n) is 7.72. The lowest BCUT2D eigenvalue weighted by molar-refractivity contribution is -0.137. The van der Waals surface area contributed by atoms with Crippen LogP contribution in [0.3, 0.4) is 0 Å². The Balaban J connectivity index is 2.31. The Morgan fingerprint density at radius 2 is 1.81 bits per heavy atom. The molecule has 0 aliphatic rings. The van der Waals surface area contributed by atoms with Crippen LogP contribution < -0.4 is 9.47 Å². The van der Waals surface area contributed by atoms with Crippen LogP contribution in [0.5, 0.6) is 11.5 Å². The Labute approximate surface area is 152 Å². The number of alkyl halides is 3. The van der Waals surface area contributed by atoms with Crippen molar-refractivity contribution in [2.75, 3.05) is 14.2 Å². The molecule has 0 bridgehead atoms. The van der Waals surface area contributed by atoms with Crippen molar-refractivity contribution >= 4 is 16.9 Å². The number of aromatic nitrogens is 1. The summed E-state index contributed by atoms with van der Waals surface area (Å²) in [7, 11) is 2.80. The van der Waals surface area contributed by atoms with Crippen molar-refractivity contribution in [3.8, 4) is 22.8 Å². The first kappa shape index (κ1) is 18.5. The molecule has 0 radical (unpaired) electrons. The van der Waals surface area contributed by atoms with E-state index < -0.39 is 17.7 Å². The van der Waals surface area contributed by atoms with Crippen LogP contribution >= 0.6 is 0 Å². The smallest absolute Gasteiger partial charge is 0.416 e. The van der Waals surface area contributed by atoms with Gasteiger partial charge in [0.15, 0.2) is 0 Å². The number of rotatable bonds is 4. The van der Waals surface area contributed by atoms with Crippen molar-refractivity contribution in [1.29, 1.82) is 0 Å². The predicted molar refractivity (Wildman–Crippen MR) is 92.2 cm³/mol. The number of hydrogen-bond donors (Lipinski definition) is 1. The van der Waals surface area contributed by atoms with Gasteiger partial charge in [0.1, 0.15) is 11.5 Å². The SMILES string of the molecule is COc1cc(OC)c2c(C(=O)O)cc(-c3cccc(C(F)(F)F)c3)nc2c1. The maximum absolute atomic E-state index is 13.0. The van der Waals surface area contributed by atoms with Crippen molar-refractivity contribution in [2.45, 2.75) is 6.18 Å². The van der Waals surface area contributed by atoms with E-state index in [0.717, 1.165) is 12.1 Å². The van der Waals surface area contributed by atoms with Crippen molar-refractivity contribution in [2.24, 2.45) is 0 Å². The van der Waals surface area contributed by atoms with E-state index in [1.807, 2.05) is 0 Å². The molecule has 0 atom stereocenters. The van der Waals surface area contributed by atoms with E-state index in [4.69, 9.17) is 9.47 Å². The summed E-state index contributed by atoms with van der Waals surface area (Å²) >= 11 is 0. The summed E-state index contributed by atoms with van der Waals surface area (Å²) in [5.41, 5.74) is -0.496. The van der Waals surface area contributed by atoms with Gasteiger partial charge in [0, 0.05) is 17.7 Å². The van der Waals surface area contributed by atoms with Crippen molar-refractivity contribution in [1.82, 2.24) is 4.98 Å². The predicted octanol–water partition coefficient (Wildman–Crippen LogP) is 4.64. The van der Waals surface area contributed by atoms with Crippen LogP contribution in [0.15, 0.2) is 42.5 Å². The van der Waals surface area contributed by atoms with Gasteiger partial charge in [-0.1, -0.05) is 12.1 Å². The van der Waals surface area contributed by atoms with E-state index in [0.29, 0.717) is 5.75 Å². The number of fused-ring (bicyclic) bond motifs is 1. The Kier molecular flexibility index (Phi) is 4.65. The van der Waals surface area contributed by atoms with Crippen LogP contribution in [-0.4, -0.2) is 30.3 Å². The van der Waals surface area contributed by atoms with Gasteiger partial charge in [0.2, 0.25) is 0 Å². The zero-order valence-corrected chi connectivity index (χ0v) is 14.3. The molecule has 3 aromatic rings. The Morgan fingerprint density at radius 3 is 2.41 bits per heavy atom. The van der Waals surface area contributed by atoms with Crippen LogP contribution in [0.4, 0.5) is 13.2 Å². The molecule has 0 unspecified atom stereocenters. The van der Waals surface area contributed by atoms with Gasteiger partial charge in [-0.15, -0.1) is 0 Å². The summed E-state index contributed by atoms with van der Waals surface area (Å²) < 4.78 is 49.4. The topological polar surface area (TPSA) is 68.7 Å². The molecule has 3 rings (SSSR count). The number of ether oxygens (including phenoxy) is 2. The average molecular weight is 377 g/mol. The fourth-order valence-corrected chi connectivity index (χ4v) is 2.76. The number of aromatic carboxylic acids is 1. The number of methoxy groups -OCH3 is 2. The molecule has 0 fully saturated rings. The minimum atomic E-state index is -4.52. The number of carboxylic acids is 1. The lowest BCUT2D eigenvalue weighted by Crippen LogP contribution is -2.05. The van der Waals surface area contributed by atoms with Gasteiger partial charge >= 0.3 is 12.1 Å². The van der Waals surface area contributed by atoms with Gasteiger partial charge in [-0.25, -0.2) is 9.78 Å². The summed E-state index contributed by atoms with van der Waals surface area (Å²) in [6.45, 7) is 0. The number of halogens is 3. The molecular weight excluding hydrogens is 363 g/mol. The molecular formula is C19H14F3NO4. The van der Waals surface area contributed by atoms with Crippen molar-refractivity contribution in [3.63, 3.8) is 0 Å². The van der Waals surface area contributed by atoms with E-state index in [2.05, 4.69) is 4.98 Å². The Bertz CT molecular complexity index is 1030. The fourth-order valence-electron chi connectivity index (χ4n) is 2.76. The molecule has 0 aliphatic carbocycles. The molecule has 0 spiro atoms. The van der Waals surface area contributed by atoms with Gasteiger partial charge in [-0.05, 0) is 18.2 Å². The van der Waals surface area contributed by atoms with Gasteiger partial charge in [0.25, 0.3) is 0 Å². The second kappa shape index (κ2) is 6.79.